The van der Waals surface area contributed by atoms with Crippen molar-refractivity contribution < 1.29 is 14.6 Å². The van der Waals surface area contributed by atoms with Crippen molar-refractivity contribution in [2.45, 2.75) is 46.1 Å². The summed E-state index contributed by atoms with van der Waals surface area (Å²) < 4.78 is 5.77. The van der Waals surface area contributed by atoms with Gasteiger partial charge in [-0.3, -0.25) is 4.79 Å². The minimum Gasteiger partial charge on any atom is -0.483 e. The molecule has 0 saturated carbocycles. The van der Waals surface area contributed by atoms with Crippen molar-refractivity contribution in [2.75, 3.05) is 18.5 Å². The van der Waals surface area contributed by atoms with Gasteiger partial charge in [0.05, 0.1) is 11.6 Å². The van der Waals surface area contributed by atoms with Crippen LogP contribution < -0.4 is 5.32 Å². The van der Waals surface area contributed by atoms with E-state index in [2.05, 4.69) is 44.3 Å². The smallest absolute Gasteiger partial charge is 0.290 e. The average molecular weight is 330 g/mol. The number of rotatable bonds is 3. The third-order valence-corrected chi connectivity index (χ3v) is 4.50. The van der Waals surface area contributed by atoms with Gasteiger partial charge in [0.15, 0.2) is 0 Å². The number of ether oxygens (including phenoxy) is 1. The number of fused-ring (bicyclic) bond motifs is 1. The van der Waals surface area contributed by atoms with Crippen LogP contribution in [0.5, 0.6) is 0 Å². The third-order valence-electron chi connectivity index (χ3n) is 4.50. The number of aryl methyl sites for hydroxylation is 3. The molecular weight excluding hydrogens is 304 g/mol. The Morgan fingerprint density at radius 2 is 2.04 bits per heavy atom. The molecule has 1 saturated heterocycles. The molecule has 5 heteroatoms. The van der Waals surface area contributed by atoms with E-state index >= 15 is 0 Å². The van der Waals surface area contributed by atoms with Crippen LogP contribution in [0.15, 0.2) is 18.2 Å². The van der Waals surface area contributed by atoms with Crippen LogP contribution >= 0.6 is 0 Å². The standard InChI is InChI=1S/C18H24N2O.CH2O2/c1-12-7-8-16-13(2)10-17(20-18(16)14(12)3)19-11-15-6-4-5-9-21-15;2-1-3/h7-8,10,15H,4-6,9,11H2,1-3H3,(H,19,20);1H,(H,2,3). The molecule has 0 radical (unpaired) electrons. The average Bonchev–Trinajstić information content (AvgIpc) is 2.58. The number of carboxylic acid groups (broad SMARTS) is 1. The fraction of sp³-hybridized carbons (Fsp3) is 0.474. The highest BCUT2D eigenvalue weighted by Crippen LogP contribution is 2.25. The van der Waals surface area contributed by atoms with Crippen LogP contribution in [0.2, 0.25) is 0 Å². The van der Waals surface area contributed by atoms with E-state index in [9.17, 15) is 0 Å². The molecule has 130 valence electrons. The number of benzene rings is 1. The normalized spacial score (nSPS) is 17.0. The molecule has 1 aliphatic rings. The minimum absolute atomic E-state index is 0.250. The van der Waals surface area contributed by atoms with Gasteiger partial charge in [-0.2, -0.15) is 0 Å². The molecule has 0 amide bonds. The van der Waals surface area contributed by atoms with E-state index in [0.717, 1.165) is 30.9 Å². The molecule has 0 aliphatic carbocycles. The van der Waals surface area contributed by atoms with Crippen LogP contribution in [0.3, 0.4) is 0 Å². The van der Waals surface area contributed by atoms with Crippen molar-refractivity contribution in [3.8, 4) is 0 Å². The Balaban J connectivity index is 0.000000647. The summed E-state index contributed by atoms with van der Waals surface area (Å²) >= 11 is 0. The monoisotopic (exact) mass is 330 g/mol. The Kier molecular flexibility index (Phi) is 6.55. The van der Waals surface area contributed by atoms with E-state index in [0.29, 0.717) is 6.10 Å². The second-order valence-electron chi connectivity index (χ2n) is 6.20. The topological polar surface area (TPSA) is 71.5 Å². The Morgan fingerprint density at radius 1 is 1.29 bits per heavy atom. The number of aromatic nitrogens is 1. The molecular formula is C19H26N2O3. The predicted molar refractivity (Wildman–Crippen MR) is 96.7 cm³/mol. The van der Waals surface area contributed by atoms with Crippen LogP contribution in [-0.4, -0.2) is 35.8 Å². The maximum Gasteiger partial charge on any atom is 0.290 e. The van der Waals surface area contributed by atoms with E-state index in [-0.39, 0.29) is 6.47 Å². The van der Waals surface area contributed by atoms with Crippen molar-refractivity contribution in [1.29, 1.82) is 0 Å². The lowest BCUT2D eigenvalue weighted by Crippen LogP contribution is -2.27. The van der Waals surface area contributed by atoms with Gasteiger partial charge in [0.2, 0.25) is 0 Å². The zero-order valence-electron chi connectivity index (χ0n) is 14.6. The lowest BCUT2D eigenvalue weighted by atomic mass is 10.0. The summed E-state index contributed by atoms with van der Waals surface area (Å²) in [5, 5.41) is 11.6. The number of nitrogens with zero attached hydrogens (tertiary/aromatic N) is 1. The number of carbonyl (C=O) groups is 1. The van der Waals surface area contributed by atoms with Crippen molar-refractivity contribution >= 4 is 23.2 Å². The Morgan fingerprint density at radius 3 is 2.71 bits per heavy atom. The quantitative estimate of drug-likeness (QED) is 0.837. The lowest BCUT2D eigenvalue weighted by molar-refractivity contribution is -0.122. The summed E-state index contributed by atoms with van der Waals surface area (Å²) in [6, 6.07) is 6.49. The molecule has 0 bridgehead atoms. The highest BCUT2D eigenvalue weighted by atomic mass is 16.5. The van der Waals surface area contributed by atoms with Gasteiger partial charge in [0.25, 0.3) is 6.47 Å². The van der Waals surface area contributed by atoms with Gasteiger partial charge in [0.1, 0.15) is 5.82 Å². The van der Waals surface area contributed by atoms with Gasteiger partial charge in [-0.25, -0.2) is 4.98 Å². The van der Waals surface area contributed by atoms with E-state index in [1.165, 1.54) is 34.9 Å². The minimum atomic E-state index is -0.250. The van der Waals surface area contributed by atoms with Gasteiger partial charge in [-0.05, 0) is 62.8 Å². The van der Waals surface area contributed by atoms with E-state index in [4.69, 9.17) is 19.6 Å². The number of nitrogens with one attached hydrogen (secondary N) is 1. The second-order valence-corrected chi connectivity index (χ2v) is 6.20. The maximum absolute atomic E-state index is 8.36. The molecule has 1 aromatic carbocycles. The van der Waals surface area contributed by atoms with E-state index in [1.807, 2.05) is 0 Å². The van der Waals surface area contributed by atoms with E-state index in [1.54, 1.807) is 0 Å². The first kappa shape index (κ1) is 18.2. The fourth-order valence-electron chi connectivity index (χ4n) is 2.98. The Labute approximate surface area is 143 Å². The lowest BCUT2D eigenvalue weighted by Gasteiger charge is -2.23. The van der Waals surface area contributed by atoms with Crippen molar-refractivity contribution in [3.63, 3.8) is 0 Å². The summed E-state index contributed by atoms with van der Waals surface area (Å²) in [5.41, 5.74) is 4.95. The predicted octanol–water partition coefficient (Wildman–Crippen LogP) is 3.84. The Hall–Kier alpha value is -2.14. The zero-order valence-corrected chi connectivity index (χ0v) is 14.6. The molecule has 1 fully saturated rings. The van der Waals surface area contributed by atoms with Crippen LogP contribution in [-0.2, 0) is 9.53 Å². The number of hydrogen-bond donors (Lipinski definition) is 2. The molecule has 1 aromatic heterocycles. The van der Waals surface area contributed by atoms with Crippen LogP contribution in [0.25, 0.3) is 10.9 Å². The van der Waals surface area contributed by atoms with Crippen LogP contribution in [0.4, 0.5) is 5.82 Å². The molecule has 3 rings (SSSR count). The van der Waals surface area contributed by atoms with Gasteiger partial charge in [-0.1, -0.05) is 12.1 Å². The summed E-state index contributed by atoms with van der Waals surface area (Å²) in [7, 11) is 0. The number of anilines is 1. The zero-order chi connectivity index (χ0) is 17.5. The first-order valence-corrected chi connectivity index (χ1v) is 8.37. The highest BCUT2D eigenvalue weighted by Gasteiger charge is 2.14. The molecule has 2 N–H and O–H groups in total. The summed E-state index contributed by atoms with van der Waals surface area (Å²) in [6.07, 6.45) is 3.95. The summed E-state index contributed by atoms with van der Waals surface area (Å²) in [5.74, 6) is 0.961. The molecule has 24 heavy (non-hydrogen) atoms. The van der Waals surface area contributed by atoms with Crippen LogP contribution in [0, 0.1) is 20.8 Å². The second kappa shape index (κ2) is 8.64. The van der Waals surface area contributed by atoms with Crippen molar-refractivity contribution in [2.24, 2.45) is 0 Å². The van der Waals surface area contributed by atoms with Crippen molar-refractivity contribution in [3.05, 3.63) is 34.9 Å². The Bertz CT molecular complexity index is 695. The summed E-state index contributed by atoms with van der Waals surface area (Å²) in [6.45, 7) is 7.94. The summed E-state index contributed by atoms with van der Waals surface area (Å²) in [4.78, 5) is 13.2. The van der Waals surface area contributed by atoms with Gasteiger partial charge >= 0.3 is 0 Å². The highest BCUT2D eigenvalue weighted by molar-refractivity contribution is 5.87. The first-order valence-electron chi connectivity index (χ1n) is 8.37. The van der Waals surface area contributed by atoms with Gasteiger partial charge in [0, 0.05) is 18.5 Å². The fourth-order valence-corrected chi connectivity index (χ4v) is 2.98. The third kappa shape index (κ3) is 4.45. The largest absolute Gasteiger partial charge is 0.483 e. The molecule has 2 heterocycles. The maximum atomic E-state index is 8.36. The van der Waals surface area contributed by atoms with Gasteiger partial charge in [-0.15, -0.1) is 0 Å². The number of pyridine rings is 1. The van der Waals surface area contributed by atoms with Crippen molar-refractivity contribution in [1.82, 2.24) is 4.98 Å². The molecule has 1 atom stereocenters. The first-order chi connectivity index (χ1) is 11.6. The molecule has 5 nitrogen and oxygen atoms in total. The van der Waals surface area contributed by atoms with Crippen LogP contribution in [0.1, 0.15) is 36.0 Å². The van der Waals surface area contributed by atoms with Gasteiger partial charge < -0.3 is 15.2 Å². The van der Waals surface area contributed by atoms with E-state index < -0.39 is 0 Å². The molecule has 1 aliphatic heterocycles. The molecule has 2 aromatic rings. The SMILES string of the molecule is Cc1ccc2c(C)cc(NCC3CCCCO3)nc2c1C.O=CO. The molecule has 0 spiro atoms. The molecule has 1 unspecified atom stereocenters. The number of hydrogen-bond acceptors (Lipinski definition) is 4.